The van der Waals surface area contributed by atoms with E-state index in [0.29, 0.717) is 18.9 Å². The average Bonchev–Trinajstić information content (AvgIpc) is 3.20. The van der Waals surface area contributed by atoms with Gasteiger partial charge in [0, 0.05) is 42.5 Å². The standard InChI is InChI=1S/C33H40N2O/c1-23(2)20-34-32(36)19-29(26-15-17-27(18-16-26)33(4,5)6)30-22-35(31-10-8-7-9-28(30)31)21-25-13-11-24(3)12-14-25/h7-18,22-23,29H,19-21H2,1-6H3,(H,34,36). The number of nitrogens with zero attached hydrogens (tertiary/aromatic N) is 1. The minimum Gasteiger partial charge on any atom is -0.356 e. The van der Waals surface area contributed by atoms with Crippen LogP contribution in [0.3, 0.4) is 0 Å². The summed E-state index contributed by atoms with van der Waals surface area (Å²) in [6.45, 7) is 14.6. The zero-order valence-electron chi connectivity index (χ0n) is 22.6. The van der Waals surface area contributed by atoms with Crippen molar-refractivity contribution in [1.29, 1.82) is 0 Å². The van der Waals surface area contributed by atoms with Crippen LogP contribution in [0.2, 0.25) is 0 Å². The minimum atomic E-state index is -0.0182. The molecule has 1 aromatic heterocycles. The quantitative estimate of drug-likeness (QED) is 0.277. The zero-order valence-corrected chi connectivity index (χ0v) is 22.6. The first-order valence-electron chi connectivity index (χ1n) is 13.1. The summed E-state index contributed by atoms with van der Waals surface area (Å²) >= 11 is 0. The SMILES string of the molecule is Cc1ccc(Cn2cc(C(CC(=O)NCC(C)C)c3ccc(C(C)(C)C)cc3)c3ccccc32)cc1. The second-order valence-electron chi connectivity index (χ2n) is 11.5. The Hall–Kier alpha value is -3.33. The van der Waals surface area contributed by atoms with E-state index in [1.807, 2.05) is 0 Å². The average molecular weight is 481 g/mol. The molecule has 4 aromatic rings. The second kappa shape index (κ2) is 10.7. The maximum Gasteiger partial charge on any atom is 0.220 e. The Morgan fingerprint density at radius 3 is 2.22 bits per heavy atom. The van der Waals surface area contributed by atoms with Crippen molar-refractivity contribution in [2.75, 3.05) is 6.54 Å². The normalized spacial score (nSPS) is 12.8. The predicted octanol–water partition coefficient (Wildman–Crippen LogP) is 7.59. The molecule has 0 aliphatic rings. The maximum atomic E-state index is 13.1. The van der Waals surface area contributed by atoms with Gasteiger partial charge in [-0.15, -0.1) is 0 Å². The molecule has 1 amide bonds. The van der Waals surface area contributed by atoms with Crippen molar-refractivity contribution in [2.24, 2.45) is 5.92 Å². The number of hydrogen-bond acceptors (Lipinski definition) is 1. The fourth-order valence-corrected chi connectivity index (χ4v) is 4.77. The number of benzene rings is 3. The van der Waals surface area contributed by atoms with E-state index in [0.717, 1.165) is 6.54 Å². The van der Waals surface area contributed by atoms with Crippen molar-refractivity contribution in [3.05, 3.63) is 107 Å². The highest BCUT2D eigenvalue weighted by molar-refractivity contribution is 5.86. The molecule has 0 aliphatic carbocycles. The first-order valence-corrected chi connectivity index (χ1v) is 13.1. The number of hydrogen-bond donors (Lipinski definition) is 1. The van der Waals surface area contributed by atoms with Crippen LogP contribution in [-0.2, 0) is 16.8 Å². The lowest BCUT2D eigenvalue weighted by atomic mass is 9.83. The summed E-state index contributed by atoms with van der Waals surface area (Å²) in [5.41, 5.74) is 7.52. The predicted molar refractivity (Wildman–Crippen MR) is 152 cm³/mol. The van der Waals surface area contributed by atoms with E-state index in [-0.39, 0.29) is 17.2 Å². The van der Waals surface area contributed by atoms with Gasteiger partial charge in [-0.2, -0.15) is 0 Å². The van der Waals surface area contributed by atoms with Gasteiger partial charge >= 0.3 is 0 Å². The van der Waals surface area contributed by atoms with E-state index < -0.39 is 0 Å². The number of para-hydroxylation sites is 1. The fraction of sp³-hybridized carbons (Fsp3) is 0.364. The molecule has 3 heteroatoms. The molecule has 1 N–H and O–H groups in total. The number of carbonyl (C=O) groups excluding carboxylic acids is 1. The zero-order chi connectivity index (χ0) is 25.9. The smallest absolute Gasteiger partial charge is 0.220 e. The molecule has 188 valence electrons. The highest BCUT2D eigenvalue weighted by atomic mass is 16.1. The molecule has 4 rings (SSSR count). The number of fused-ring (bicyclic) bond motifs is 1. The van der Waals surface area contributed by atoms with Crippen LogP contribution in [0.4, 0.5) is 0 Å². The molecule has 36 heavy (non-hydrogen) atoms. The topological polar surface area (TPSA) is 34.0 Å². The van der Waals surface area contributed by atoms with Gasteiger partial charge in [0.1, 0.15) is 0 Å². The Labute approximate surface area is 216 Å². The molecule has 0 saturated carbocycles. The highest BCUT2D eigenvalue weighted by Crippen LogP contribution is 2.36. The molecule has 1 atom stereocenters. The van der Waals surface area contributed by atoms with Crippen LogP contribution in [0.5, 0.6) is 0 Å². The van der Waals surface area contributed by atoms with Gasteiger partial charge in [-0.25, -0.2) is 0 Å². The van der Waals surface area contributed by atoms with E-state index in [9.17, 15) is 4.79 Å². The summed E-state index contributed by atoms with van der Waals surface area (Å²) in [6, 6.07) is 26.2. The van der Waals surface area contributed by atoms with Crippen LogP contribution in [0.1, 0.15) is 74.8 Å². The molecule has 0 bridgehead atoms. The summed E-state index contributed by atoms with van der Waals surface area (Å²) < 4.78 is 2.33. The second-order valence-corrected chi connectivity index (χ2v) is 11.5. The maximum absolute atomic E-state index is 13.1. The summed E-state index contributed by atoms with van der Waals surface area (Å²) in [6.07, 6.45) is 2.70. The monoisotopic (exact) mass is 480 g/mol. The van der Waals surface area contributed by atoms with Gasteiger partial charge in [-0.05, 0) is 46.6 Å². The third kappa shape index (κ3) is 6.07. The van der Waals surface area contributed by atoms with E-state index in [4.69, 9.17) is 0 Å². The van der Waals surface area contributed by atoms with Crippen LogP contribution in [0, 0.1) is 12.8 Å². The molecule has 3 nitrogen and oxygen atoms in total. The Morgan fingerprint density at radius 2 is 1.58 bits per heavy atom. The number of amides is 1. The van der Waals surface area contributed by atoms with E-state index in [1.54, 1.807) is 0 Å². The van der Waals surface area contributed by atoms with E-state index >= 15 is 0 Å². The van der Waals surface area contributed by atoms with Gasteiger partial charge in [-0.3, -0.25) is 4.79 Å². The van der Waals surface area contributed by atoms with Gasteiger partial charge in [0.15, 0.2) is 0 Å². The van der Waals surface area contributed by atoms with Crippen LogP contribution in [0.15, 0.2) is 79.0 Å². The van der Waals surface area contributed by atoms with Crippen molar-refractivity contribution in [1.82, 2.24) is 9.88 Å². The highest BCUT2D eigenvalue weighted by Gasteiger charge is 2.24. The molecule has 1 unspecified atom stereocenters. The van der Waals surface area contributed by atoms with Crippen molar-refractivity contribution in [3.63, 3.8) is 0 Å². The molecule has 0 fully saturated rings. The van der Waals surface area contributed by atoms with Crippen LogP contribution >= 0.6 is 0 Å². The number of carbonyl (C=O) groups is 1. The molecule has 3 aromatic carbocycles. The van der Waals surface area contributed by atoms with E-state index in [2.05, 4.69) is 130 Å². The van der Waals surface area contributed by atoms with Crippen molar-refractivity contribution in [2.45, 2.75) is 65.8 Å². The van der Waals surface area contributed by atoms with Crippen molar-refractivity contribution in [3.8, 4) is 0 Å². The Balaban J connectivity index is 1.76. The van der Waals surface area contributed by atoms with Crippen LogP contribution < -0.4 is 5.32 Å². The van der Waals surface area contributed by atoms with Crippen LogP contribution in [-0.4, -0.2) is 17.0 Å². The molecule has 1 heterocycles. The van der Waals surface area contributed by atoms with Gasteiger partial charge in [0.05, 0.1) is 0 Å². The largest absolute Gasteiger partial charge is 0.356 e. The Bertz CT molecular complexity index is 1300. The van der Waals surface area contributed by atoms with Crippen molar-refractivity contribution < 1.29 is 4.79 Å². The van der Waals surface area contributed by atoms with Gasteiger partial charge < -0.3 is 9.88 Å². The number of aryl methyl sites for hydroxylation is 1. The lowest BCUT2D eigenvalue weighted by Gasteiger charge is -2.22. The Kier molecular flexibility index (Phi) is 7.68. The van der Waals surface area contributed by atoms with Gasteiger partial charge in [0.2, 0.25) is 5.91 Å². The van der Waals surface area contributed by atoms with Crippen LogP contribution in [0.25, 0.3) is 10.9 Å². The first-order chi connectivity index (χ1) is 17.1. The third-order valence-corrected chi connectivity index (χ3v) is 6.94. The summed E-state index contributed by atoms with van der Waals surface area (Å²) in [4.78, 5) is 13.1. The first kappa shape index (κ1) is 25.8. The van der Waals surface area contributed by atoms with Crippen molar-refractivity contribution >= 4 is 16.8 Å². The third-order valence-electron chi connectivity index (χ3n) is 6.94. The van der Waals surface area contributed by atoms with Gasteiger partial charge in [0.25, 0.3) is 0 Å². The molecule has 0 aliphatic heterocycles. The van der Waals surface area contributed by atoms with E-state index in [1.165, 1.54) is 38.7 Å². The summed E-state index contributed by atoms with van der Waals surface area (Å²) in [7, 11) is 0. The molecular weight excluding hydrogens is 440 g/mol. The lowest BCUT2D eigenvalue weighted by molar-refractivity contribution is -0.121. The number of aromatic nitrogens is 1. The number of rotatable bonds is 8. The molecule has 0 saturated heterocycles. The lowest BCUT2D eigenvalue weighted by Crippen LogP contribution is -2.28. The summed E-state index contributed by atoms with van der Waals surface area (Å²) in [5, 5.41) is 4.36. The van der Waals surface area contributed by atoms with Gasteiger partial charge in [-0.1, -0.05) is 107 Å². The number of nitrogens with one attached hydrogen (secondary N) is 1. The minimum absolute atomic E-state index is 0.0182. The summed E-state index contributed by atoms with van der Waals surface area (Å²) in [5.74, 6) is 0.509. The molecule has 0 radical (unpaired) electrons. The Morgan fingerprint density at radius 1 is 0.917 bits per heavy atom. The fourth-order valence-electron chi connectivity index (χ4n) is 4.77. The molecular formula is C33H40N2O. The molecule has 0 spiro atoms.